The van der Waals surface area contributed by atoms with Gasteiger partial charge in [0.1, 0.15) is 0 Å². The molecule has 1 heterocycles. The van der Waals surface area contributed by atoms with Gasteiger partial charge >= 0.3 is 0 Å². The number of benzene rings is 2. The molecule has 29 heavy (non-hydrogen) atoms. The third-order valence-electron chi connectivity index (χ3n) is 4.57. The van der Waals surface area contributed by atoms with E-state index in [9.17, 15) is 13.2 Å². The third-order valence-corrected chi connectivity index (χ3v) is 6.25. The van der Waals surface area contributed by atoms with Crippen molar-refractivity contribution in [2.24, 2.45) is 0 Å². The van der Waals surface area contributed by atoms with Crippen molar-refractivity contribution in [3.05, 3.63) is 71.5 Å². The number of carbonyl (C=O) groups excluding carboxylic acids is 1. The second-order valence-corrected chi connectivity index (χ2v) is 9.93. The monoisotopic (exact) mass is 429 g/mol. The number of aryl methyl sites for hydroxylation is 1. The predicted octanol–water partition coefficient (Wildman–Crippen LogP) is 4.22. The van der Waals surface area contributed by atoms with Crippen molar-refractivity contribution in [3.8, 4) is 5.69 Å². The lowest BCUT2D eigenvalue weighted by Gasteiger charge is -2.15. The number of carbonyl (C=O) groups is 1. The van der Waals surface area contributed by atoms with E-state index in [-0.39, 0.29) is 11.0 Å². The Morgan fingerprint density at radius 1 is 1.14 bits per heavy atom. The molecule has 1 N–H and O–H groups in total. The van der Waals surface area contributed by atoms with E-state index in [4.69, 9.17) is 0 Å². The van der Waals surface area contributed by atoms with E-state index in [1.54, 1.807) is 30.5 Å². The van der Waals surface area contributed by atoms with Gasteiger partial charge in [-0.25, -0.2) is 13.4 Å². The Balaban J connectivity index is 1.77. The standard InChI is InChI=1S/C21H23N3O3S2/c1-14-6-5-7-19(15(14)2)24-13-12-22-21(24)28-16(3)20(25)17-8-10-18(11-9-17)23-29(4,26)27/h5-13,16,23H,1-4H3. The van der Waals surface area contributed by atoms with Gasteiger partial charge in [-0.1, -0.05) is 23.9 Å². The van der Waals surface area contributed by atoms with Crippen LogP contribution >= 0.6 is 11.8 Å². The number of imidazole rings is 1. The molecule has 1 aromatic heterocycles. The Labute approximate surface area is 175 Å². The molecular formula is C21H23N3O3S2. The highest BCUT2D eigenvalue weighted by Gasteiger charge is 2.20. The van der Waals surface area contributed by atoms with E-state index >= 15 is 0 Å². The summed E-state index contributed by atoms with van der Waals surface area (Å²) in [5, 5.41) is 0.393. The minimum atomic E-state index is -3.35. The van der Waals surface area contributed by atoms with Crippen LogP contribution in [0.2, 0.25) is 0 Å². The molecule has 3 rings (SSSR count). The summed E-state index contributed by atoms with van der Waals surface area (Å²) in [7, 11) is -3.35. The highest BCUT2D eigenvalue weighted by Crippen LogP contribution is 2.28. The minimum absolute atomic E-state index is 0.0450. The highest BCUT2D eigenvalue weighted by molar-refractivity contribution is 8.00. The Morgan fingerprint density at radius 2 is 1.83 bits per heavy atom. The molecule has 0 saturated heterocycles. The van der Waals surface area contributed by atoms with E-state index in [0.29, 0.717) is 11.3 Å². The molecule has 0 amide bonds. The molecular weight excluding hydrogens is 406 g/mol. The number of aromatic nitrogens is 2. The smallest absolute Gasteiger partial charge is 0.229 e. The molecule has 152 valence electrons. The molecule has 0 fully saturated rings. The van der Waals surface area contributed by atoms with Gasteiger partial charge in [-0.05, 0) is 62.2 Å². The van der Waals surface area contributed by atoms with Gasteiger partial charge in [0.2, 0.25) is 10.0 Å². The number of anilines is 1. The molecule has 0 radical (unpaired) electrons. The van der Waals surface area contributed by atoms with Gasteiger partial charge in [0.25, 0.3) is 0 Å². The predicted molar refractivity (Wildman–Crippen MR) is 118 cm³/mol. The summed E-state index contributed by atoms with van der Waals surface area (Å²) in [6, 6.07) is 12.5. The summed E-state index contributed by atoms with van der Waals surface area (Å²) >= 11 is 1.39. The molecule has 0 aliphatic heterocycles. The van der Waals surface area contributed by atoms with Crippen LogP contribution in [0.1, 0.15) is 28.4 Å². The van der Waals surface area contributed by atoms with Crippen molar-refractivity contribution in [1.29, 1.82) is 0 Å². The van der Waals surface area contributed by atoms with Crippen molar-refractivity contribution >= 4 is 33.3 Å². The second-order valence-electron chi connectivity index (χ2n) is 6.87. The van der Waals surface area contributed by atoms with Crippen LogP contribution in [0.4, 0.5) is 5.69 Å². The van der Waals surface area contributed by atoms with Gasteiger partial charge in [-0.2, -0.15) is 0 Å². The largest absolute Gasteiger partial charge is 0.295 e. The summed E-state index contributed by atoms with van der Waals surface area (Å²) < 4.78 is 27.0. The van der Waals surface area contributed by atoms with Gasteiger partial charge < -0.3 is 0 Å². The Morgan fingerprint density at radius 3 is 2.48 bits per heavy atom. The topological polar surface area (TPSA) is 81.1 Å². The molecule has 0 saturated carbocycles. The van der Waals surface area contributed by atoms with Crippen LogP contribution in [0.25, 0.3) is 5.69 Å². The first-order chi connectivity index (χ1) is 13.7. The van der Waals surface area contributed by atoms with E-state index in [1.165, 1.54) is 22.9 Å². The Bertz CT molecular complexity index is 1140. The first kappa shape index (κ1) is 21.1. The maximum absolute atomic E-state index is 12.8. The zero-order valence-corrected chi connectivity index (χ0v) is 18.3. The Hall–Kier alpha value is -2.58. The molecule has 8 heteroatoms. The quantitative estimate of drug-likeness (QED) is 0.449. The number of ketones is 1. The van der Waals surface area contributed by atoms with Gasteiger partial charge in [-0.15, -0.1) is 0 Å². The fourth-order valence-electron chi connectivity index (χ4n) is 2.92. The number of hydrogen-bond donors (Lipinski definition) is 1. The first-order valence-electron chi connectivity index (χ1n) is 9.04. The summed E-state index contributed by atoms with van der Waals surface area (Å²) in [6.07, 6.45) is 4.71. The molecule has 0 aliphatic rings. The van der Waals surface area contributed by atoms with Crippen LogP contribution in [-0.4, -0.2) is 35.3 Å². The maximum Gasteiger partial charge on any atom is 0.229 e. The number of sulfonamides is 1. The Kier molecular flexibility index (Phi) is 6.14. The van der Waals surface area contributed by atoms with Gasteiger partial charge in [-0.3, -0.25) is 14.1 Å². The number of hydrogen-bond acceptors (Lipinski definition) is 5. The normalized spacial score (nSPS) is 12.6. The maximum atomic E-state index is 12.8. The fourth-order valence-corrected chi connectivity index (χ4v) is 4.44. The third kappa shape index (κ3) is 5.07. The van der Waals surface area contributed by atoms with Crippen molar-refractivity contribution in [2.75, 3.05) is 11.0 Å². The molecule has 0 aliphatic carbocycles. The zero-order valence-electron chi connectivity index (χ0n) is 16.7. The molecule has 6 nitrogen and oxygen atoms in total. The lowest BCUT2D eigenvalue weighted by molar-refractivity contribution is 0.0994. The molecule has 1 unspecified atom stereocenters. The summed E-state index contributed by atoms with van der Waals surface area (Å²) in [5.41, 5.74) is 4.35. The minimum Gasteiger partial charge on any atom is -0.295 e. The number of rotatable bonds is 7. The van der Waals surface area contributed by atoms with Gasteiger partial charge in [0, 0.05) is 23.6 Å². The number of Topliss-reactive ketones (excluding diaryl/α,β-unsaturated/α-hetero) is 1. The van der Waals surface area contributed by atoms with Crippen LogP contribution in [0.15, 0.2) is 60.0 Å². The molecule has 3 aromatic rings. The van der Waals surface area contributed by atoms with Crippen molar-refractivity contribution < 1.29 is 13.2 Å². The summed E-state index contributed by atoms with van der Waals surface area (Å²) in [4.78, 5) is 17.3. The summed E-state index contributed by atoms with van der Waals surface area (Å²) in [5.74, 6) is -0.0450. The van der Waals surface area contributed by atoms with Gasteiger partial charge in [0.05, 0.1) is 17.2 Å². The number of nitrogens with zero attached hydrogens (tertiary/aromatic N) is 2. The van der Waals surface area contributed by atoms with Crippen LogP contribution in [0.5, 0.6) is 0 Å². The van der Waals surface area contributed by atoms with Crippen LogP contribution in [0.3, 0.4) is 0 Å². The van der Waals surface area contributed by atoms with Crippen molar-refractivity contribution in [2.45, 2.75) is 31.2 Å². The molecule has 0 spiro atoms. The number of nitrogens with one attached hydrogen (secondary N) is 1. The second kappa shape index (κ2) is 8.42. The van der Waals surface area contributed by atoms with Gasteiger partial charge in [0.15, 0.2) is 10.9 Å². The van der Waals surface area contributed by atoms with E-state index < -0.39 is 10.0 Å². The molecule has 1 atom stereocenters. The van der Waals surface area contributed by atoms with Crippen LogP contribution < -0.4 is 4.72 Å². The van der Waals surface area contributed by atoms with E-state index in [0.717, 1.165) is 17.1 Å². The fraction of sp³-hybridized carbons (Fsp3) is 0.238. The lowest BCUT2D eigenvalue weighted by Crippen LogP contribution is -2.15. The zero-order chi connectivity index (χ0) is 21.2. The van der Waals surface area contributed by atoms with Crippen molar-refractivity contribution in [3.63, 3.8) is 0 Å². The van der Waals surface area contributed by atoms with E-state index in [2.05, 4.69) is 29.6 Å². The average Bonchev–Trinajstić information content (AvgIpc) is 3.10. The summed E-state index contributed by atoms with van der Waals surface area (Å²) in [6.45, 7) is 5.98. The molecule has 2 aromatic carbocycles. The van der Waals surface area contributed by atoms with Crippen LogP contribution in [-0.2, 0) is 10.0 Å². The lowest BCUT2D eigenvalue weighted by atomic mass is 10.1. The average molecular weight is 430 g/mol. The van der Waals surface area contributed by atoms with E-state index in [1.807, 2.05) is 29.8 Å². The molecule has 0 bridgehead atoms. The highest BCUT2D eigenvalue weighted by atomic mass is 32.2. The van der Waals surface area contributed by atoms with Crippen molar-refractivity contribution in [1.82, 2.24) is 9.55 Å². The first-order valence-corrected chi connectivity index (χ1v) is 11.8. The SMILES string of the molecule is Cc1cccc(-n2ccnc2SC(C)C(=O)c2ccc(NS(C)(=O)=O)cc2)c1C. The van der Waals surface area contributed by atoms with Crippen LogP contribution in [0, 0.1) is 13.8 Å². The number of thioether (sulfide) groups is 1.